The summed E-state index contributed by atoms with van der Waals surface area (Å²) in [6.07, 6.45) is 3.82. The van der Waals surface area contributed by atoms with Gasteiger partial charge in [0, 0.05) is 35.3 Å². The van der Waals surface area contributed by atoms with Crippen molar-refractivity contribution in [2.24, 2.45) is 0 Å². The molecule has 1 amide bonds. The van der Waals surface area contributed by atoms with Crippen molar-refractivity contribution in [3.8, 4) is 11.3 Å². The first kappa shape index (κ1) is 18.8. The molecule has 5 heteroatoms. The van der Waals surface area contributed by atoms with Gasteiger partial charge in [0.05, 0.1) is 5.69 Å². The van der Waals surface area contributed by atoms with Gasteiger partial charge in [-0.15, -0.1) is 11.3 Å². The Morgan fingerprint density at radius 2 is 1.67 bits per heavy atom. The number of thiazole rings is 1. The molecule has 1 fully saturated rings. The molecule has 1 N–H and O–H groups in total. The number of carbonyl (C=O) groups is 1. The summed E-state index contributed by atoms with van der Waals surface area (Å²) in [4.78, 5) is 20.1. The summed E-state index contributed by atoms with van der Waals surface area (Å²) >= 11 is 1.71. The van der Waals surface area contributed by atoms with Gasteiger partial charge in [-0.25, -0.2) is 4.98 Å². The summed E-state index contributed by atoms with van der Waals surface area (Å²) in [5.74, 6) is -0.0967. The first-order valence-electron chi connectivity index (χ1n) is 10.4. The molecule has 5 rings (SSSR count). The zero-order chi connectivity index (χ0) is 20.3. The maximum absolute atomic E-state index is 12.8. The van der Waals surface area contributed by atoms with E-state index in [4.69, 9.17) is 4.98 Å². The van der Waals surface area contributed by atoms with Crippen molar-refractivity contribution >= 4 is 38.8 Å². The molecule has 0 radical (unpaired) electrons. The fourth-order valence-electron chi connectivity index (χ4n) is 3.97. The number of nitrogens with zero attached hydrogens (tertiary/aromatic N) is 2. The van der Waals surface area contributed by atoms with Crippen LogP contribution < -0.4 is 10.2 Å². The molecule has 0 aliphatic carbocycles. The number of piperidine rings is 1. The predicted octanol–water partition coefficient (Wildman–Crippen LogP) is 6.21. The largest absolute Gasteiger partial charge is 0.348 e. The molecule has 0 saturated carbocycles. The standard InChI is InChI=1S/C25H23N3OS/c29-24(22-10-6-8-18-7-2-3-9-21(18)22)26-20-13-11-19(12-14-20)23-17-30-25(27-23)28-15-4-1-5-16-28/h2-3,6-14,17H,1,4-5,15-16H2,(H,26,29). The zero-order valence-electron chi connectivity index (χ0n) is 16.7. The van der Waals surface area contributed by atoms with Crippen molar-refractivity contribution in [3.05, 3.63) is 77.7 Å². The van der Waals surface area contributed by atoms with Crippen molar-refractivity contribution in [2.75, 3.05) is 23.3 Å². The molecule has 150 valence electrons. The summed E-state index contributed by atoms with van der Waals surface area (Å²) in [5, 5.41) is 8.27. The van der Waals surface area contributed by atoms with Gasteiger partial charge in [0.1, 0.15) is 0 Å². The Hall–Kier alpha value is -3.18. The van der Waals surface area contributed by atoms with E-state index in [0.29, 0.717) is 5.56 Å². The van der Waals surface area contributed by atoms with Crippen LogP contribution in [0.2, 0.25) is 0 Å². The molecule has 1 aliphatic rings. The lowest BCUT2D eigenvalue weighted by Gasteiger charge is -2.25. The molecule has 2 heterocycles. The molecule has 1 aliphatic heterocycles. The van der Waals surface area contributed by atoms with Gasteiger partial charge >= 0.3 is 0 Å². The number of anilines is 2. The van der Waals surface area contributed by atoms with E-state index in [9.17, 15) is 4.79 Å². The quantitative estimate of drug-likeness (QED) is 0.433. The van der Waals surface area contributed by atoms with E-state index in [1.165, 1.54) is 19.3 Å². The van der Waals surface area contributed by atoms with Gasteiger partial charge in [0.15, 0.2) is 5.13 Å². The molecule has 4 nitrogen and oxygen atoms in total. The highest BCUT2D eigenvalue weighted by atomic mass is 32.1. The molecule has 1 aromatic heterocycles. The lowest BCUT2D eigenvalue weighted by Crippen LogP contribution is -2.29. The van der Waals surface area contributed by atoms with Gasteiger partial charge in [-0.1, -0.05) is 48.5 Å². The molecule has 0 unspecified atom stereocenters. The van der Waals surface area contributed by atoms with E-state index < -0.39 is 0 Å². The number of fused-ring (bicyclic) bond motifs is 1. The highest BCUT2D eigenvalue weighted by molar-refractivity contribution is 7.14. The second-order valence-electron chi connectivity index (χ2n) is 7.62. The maximum Gasteiger partial charge on any atom is 0.256 e. The summed E-state index contributed by atoms with van der Waals surface area (Å²) in [6, 6.07) is 21.7. The highest BCUT2D eigenvalue weighted by Gasteiger charge is 2.15. The van der Waals surface area contributed by atoms with E-state index in [2.05, 4.69) is 15.6 Å². The topological polar surface area (TPSA) is 45.2 Å². The lowest BCUT2D eigenvalue weighted by atomic mass is 10.0. The molecule has 1 saturated heterocycles. The summed E-state index contributed by atoms with van der Waals surface area (Å²) in [7, 11) is 0. The maximum atomic E-state index is 12.8. The van der Waals surface area contributed by atoms with Gasteiger partial charge in [-0.2, -0.15) is 0 Å². The minimum Gasteiger partial charge on any atom is -0.348 e. The first-order chi connectivity index (χ1) is 14.8. The molecule has 3 aromatic carbocycles. The summed E-state index contributed by atoms with van der Waals surface area (Å²) < 4.78 is 0. The van der Waals surface area contributed by atoms with Crippen molar-refractivity contribution < 1.29 is 4.79 Å². The number of benzene rings is 3. The Labute approximate surface area is 180 Å². The fraction of sp³-hybridized carbons (Fsp3) is 0.200. The Morgan fingerprint density at radius 1 is 0.900 bits per heavy atom. The van der Waals surface area contributed by atoms with Crippen LogP contribution in [0.15, 0.2) is 72.1 Å². The molecule has 0 bridgehead atoms. The second kappa shape index (κ2) is 8.28. The lowest BCUT2D eigenvalue weighted by molar-refractivity contribution is 0.102. The third-order valence-corrected chi connectivity index (χ3v) is 6.49. The van der Waals surface area contributed by atoms with Crippen LogP contribution in [0.4, 0.5) is 10.8 Å². The van der Waals surface area contributed by atoms with Gasteiger partial charge in [-0.05, 0) is 48.2 Å². The van der Waals surface area contributed by atoms with Crippen LogP contribution in [0.3, 0.4) is 0 Å². The normalized spacial score (nSPS) is 14.1. The van der Waals surface area contributed by atoms with Crippen LogP contribution in [0.25, 0.3) is 22.0 Å². The zero-order valence-corrected chi connectivity index (χ0v) is 17.5. The Morgan fingerprint density at radius 3 is 2.50 bits per heavy atom. The third-order valence-electron chi connectivity index (χ3n) is 5.59. The highest BCUT2D eigenvalue weighted by Crippen LogP contribution is 2.30. The second-order valence-corrected chi connectivity index (χ2v) is 8.46. The van der Waals surface area contributed by atoms with Crippen LogP contribution in [0, 0.1) is 0 Å². The van der Waals surface area contributed by atoms with Crippen LogP contribution >= 0.6 is 11.3 Å². The third kappa shape index (κ3) is 3.81. The average Bonchev–Trinajstić information content (AvgIpc) is 3.30. The number of amides is 1. The van der Waals surface area contributed by atoms with Crippen LogP contribution in [0.1, 0.15) is 29.6 Å². The van der Waals surface area contributed by atoms with Crippen molar-refractivity contribution in [3.63, 3.8) is 0 Å². The molecule has 0 atom stereocenters. The number of nitrogens with one attached hydrogen (secondary N) is 1. The Bertz CT molecular complexity index is 1170. The predicted molar refractivity (Wildman–Crippen MR) is 126 cm³/mol. The molecular formula is C25H23N3OS. The van der Waals surface area contributed by atoms with E-state index in [0.717, 1.165) is 45.9 Å². The van der Waals surface area contributed by atoms with Gasteiger partial charge in [0.25, 0.3) is 5.91 Å². The molecular weight excluding hydrogens is 390 g/mol. The van der Waals surface area contributed by atoms with Gasteiger partial charge in [0.2, 0.25) is 0 Å². The molecule has 4 aromatic rings. The Balaban J connectivity index is 1.32. The van der Waals surface area contributed by atoms with E-state index >= 15 is 0 Å². The smallest absolute Gasteiger partial charge is 0.256 e. The number of hydrogen-bond donors (Lipinski definition) is 1. The monoisotopic (exact) mass is 413 g/mol. The summed E-state index contributed by atoms with van der Waals surface area (Å²) in [6.45, 7) is 2.21. The first-order valence-corrected chi connectivity index (χ1v) is 11.3. The van der Waals surface area contributed by atoms with Gasteiger partial charge in [-0.3, -0.25) is 4.79 Å². The van der Waals surface area contributed by atoms with Crippen LogP contribution in [0.5, 0.6) is 0 Å². The van der Waals surface area contributed by atoms with Gasteiger partial charge < -0.3 is 10.2 Å². The Kier molecular flexibility index (Phi) is 5.20. The van der Waals surface area contributed by atoms with E-state index in [1.54, 1.807) is 11.3 Å². The van der Waals surface area contributed by atoms with Crippen LogP contribution in [-0.2, 0) is 0 Å². The van der Waals surface area contributed by atoms with E-state index in [-0.39, 0.29) is 5.91 Å². The van der Waals surface area contributed by atoms with E-state index in [1.807, 2.05) is 66.7 Å². The molecule has 30 heavy (non-hydrogen) atoms. The molecule has 0 spiro atoms. The fourth-order valence-corrected chi connectivity index (χ4v) is 4.86. The van der Waals surface area contributed by atoms with Crippen molar-refractivity contribution in [2.45, 2.75) is 19.3 Å². The van der Waals surface area contributed by atoms with Crippen LogP contribution in [-0.4, -0.2) is 24.0 Å². The number of hydrogen-bond acceptors (Lipinski definition) is 4. The number of carbonyl (C=O) groups excluding carboxylic acids is 1. The number of aromatic nitrogens is 1. The minimum absolute atomic E-state index is 0.0967. The van der Waals surface area contributed by atoms with Crippen molar-refractivity contribution in [1.29, 1.82) is 0 Å². The SMILES string of the molecule is O=C(Nc1ccc(-c2csc(N3CCCCC3)n2)cc1)c1cccc2ccccc12. The average molecular weight is 414 g/mol. The number of rotatable bonds is 4. The minimum atomic E-state index is -0.0967. The summed E-state index contributed by atoms with van der Waals surface area (Å²) in [5.41, 5.74) is 3.52. The van der Waals surface area contributed by atoms with Crippen molar-refractivity contribution in [1.82, 2.24) is 4.98 Å².